The summed E-state index contributed by atoms with van der Waals surface area (Å²) in [6, 6.07) is 7.40. The monoisotopic (exact) mass is 257 g/mol. The minimum absolute atomic E-state index is 0.0668. The molecule has 1 aliphatic rings. The van der Waals surface area contributed by atoms with Crippen LogP contribution in [0.1, 0.15) is 35.7 Å². The van der Waals surface area contributed by atoms with E-state index in [1.165, 1.54) is 0 Å². The highest BCUT2D eigenvalue weighted by molar-refractivity contribution is 5.94. The maximum Gasteiger partial charge on any atom is 0.253 e. The molecule has 0 bridgehead atoms. The van der Waals surface area contributed by atoms with Gasteiger partial charge in [-0.1, -0.05) is 24.8 Å². The fraction of sp³-hybridized carbons (Fsp3) is 0.438. The van der Waals surface area contributed by atoms with Crippen LogP contribution in [-0.4, -0.2) is 35.6 Å². The number of aliphatic hydroxyl groups is 1. The quantitative estimate of drug-likeness (QED) is 0.822. The summed E-state index contributed by atoms with van der Waals surface area (Å²) in [4.78, 5) is 14.2. The predicted molar refractivity (Wildman–Crippen MR) is 74.7 cm³/mol. The Morgan fingerprint density at radius 2 is 2.37 bits per heavy atom. The molecular weight excluding hydrogens is 238 g/mol. The highest BCUT2D eigenvalue weighted by Gasteiger charge is 2.23. The molecule has 19 heavy (non-hydrogen) atoms. The lowest BCUT2D eigenvalue weighted by atomic mass is 10.1. The van der Waals surface area contributed by atoms with Gasteiger partial charge >= 0.3 is 0 Å². The molecule has 3 heteroatoms. The van der Waals surface area contributed by atoms with Gasteiger partial charge in [-0.15, -0.1) is 0 Å². The van der Waals surface area contributed by atoms with E-state index in [1.54, 1.807) is 0 Å². The summed E-state index contributed by atoms with van der Waals surface area (Å²) in [5.41, 5.74) is 1.52. The summed E-state index contributed by atoms with van der Waals surface area (Å²) >= 11 is 0. The molecule has 3 nitrogen and oxygen atoms in total. The normalized spacial score (nSPS) is 18.0. The van der Waals surface area contributed by atoms with Crippen LogP contribution in [0.4, 0.5) is 0 Å². The van der Waals surface area contributed by atoms with Crippen LogP contribution in [0.15, 0.2) is 24.3 Å². The second-order valence-electron chi connectivity index (χ2n) is 5.00. The SMILES string of the molecule is CC1CCN(C(=O)c2cccc(C#CCCO)c2)C1. The van der Waals surface area contributed by atoms with Gasteiger partial charge in [0.2, 0.25) is 0 Å². The topological polar surface area (TPSA) is 40.5 Å². The van der Waals surface area contributed by atoms with Gasteiger partial charge in [0.1, 0.15) is 0 Å². The molecule has 1 aliphatic heterocycles. The molecule has 1 atom stereocenters. The summed E-state index contributed by atoms with van der Waals surface area (Å²) in [5, 5.41) is 8.69. The third kappa shape index (κ3) is 3.59. The van der Waals surface area contributed by atoms with Crippen LogP contribution in [0.3, 0.4) is 0 Å². The van der Waals surface area contributed by atoms with Crippen LogP contribution in [0.5, 0.6) is 0 Å². The number of benzene rings is 1. The second kappa shape index (κ2) is 6.40. The van der Waals surface area contributed by atoms with Gasteiger partial charge in [-0.3, -0.25) is 4.79 Å². The number of hydrogen-bond acceptors (Lipinski definition) is 2. The molecule has 0 spiro atoms. The first-order valence-electron chi connectivity index (χ1n) is 6.70. The molecule has 1 heterocycles. The van der Waals surface area contributed by atoms with E-state index in [-0.39, 0.29) is 12.5 Å². The first-order chi connectivity index (χ1) is 9.20. The average Bonchev–Trinajstić information content (AvgIpc) is 2.85. The van der Waals surface area contributed by atoms with Gasteiger partial charge < -0.3 is 10.0 Å². The van der Waals surface area contributed by atoms with E-state index in [9.17, 15) is 4.79 Å². The van der Waals surface area contributed by atoms with E-state index in [4.69, 9.17) is 5.11 Å². The number of aliphatic hydroxyl groups excluding tert-OH is 1. The smallest absolute Gasteiger partial charge is 0.253 e. The first kappa shape index (κ1) is 13.6. The minimum Gasteiger partial charge on any atom is -0.395 e. The van der Waals surface area contributed by atoms with Crippen molar-refractivity contribution in [3.63, 3.8) is 0 Å². The summed E-state index contributed by atoms with van der Waals surface area (Å²) in [6.07, 6.45) is 1.55. The van der Waals surface area contributed by atoms with Crippen molar-refractivity contribution in [2.24, 2.45) is 5.92 Å². The van der Waals surface area contributed by atoms with E-state index in [2.05, 4.69) is 18.8 Å². The van der Waals surface area contributed by atoms with E-state index < -0.39 is 0 Å². The number of rotatable bonds is 2. The summed E-state index contributed by atoms with van der Waals surface area (Å²) in [7, 11) is 0. The number of nitrogens with zero attached hydrogens (tertiary/aromatic N) is 1. The van der Waals surface area contributed by atoms with Crippen molar-refractivity contribution in [3.05, 3.63) is 35.4 Å². The molecule has 0 aromatic heterocycles. The van der Waals surface area contributed by atoms with Crippen molar-refractivity contribution < 1.29 is 9.90 Å². The fourth-order valence-corrected chi connectivity index (χ4v) is 2.25. The third-order valence-electron chi connectivity index (χ3n) is 3.29. The zero-order valence-corrected chi connectivity index (χ0v) is 11.2. The zero-order valence-electron chi connectivity index (χ0n) is 11.2. The average molecular weight is 257 g/mol. The Balaban J connectivity index is 2.10. The minimum atomic E-state index is 0.0668. The van der Waals surface area contributed by atoms with Gasteiger partial charge in [-0.05, 0) is 30.5 Å². The van der Waals surface area contributed by atoms with Crippen molar-refractivity contribution in [2.45, 2.75) is 19.8 Å². The van der Waals surface area contributed by atoms with Crippen LogP contribution >= 0.6 is 0 Å². The van der Waals surface area contributed by atoms with Crippen LogP contribution in [0, 0.1) is 17.8 Å². The van der Waals surface area contributed by atoms with E-state index >= 15 is 0 Å². The summed E-state index contributed by atoms with van der Waals surface area (Å²) < 4.78 is 0. The fourth-order valence-electron chi connectivity index (χ4n) is 2.25. The molecule has 1 N–H and O–H groups in total. The molecule has 1 unspecified atom stereocenters. The molecule has 1 aromatic rings. The number of likely N-dealkylation sites (tertiary alicyclic amines) is 1. The van der Waals surface area contributed by atoms with Gasteiger partial charge in [0.05, 0.1) is 6.61 Å². The molecule has 100 valence electrons. The Kier molecular flexibility index (Phi) is 4.59. The van der Waals surface area contributed by atoms with Crippen molar-refractivity contribution in [1.82, 2.24) is 4.90 Å². The third-order valence-corrected chi connectivity index (χ3v) is 3.29. The Morgan fingerprint density at radius 1 is 1.53 bits per heavy atom. The number of hydrogen-bond donors (Lipinski definition) is 1. The lowest BCUT2D eigenvalue weighted by Crippen LogP contribution is -2.28. The molecular formula is C16H19NO2. The lowest BCUT2D eigenvalue weighted by molar-refractivity contribution is 0.0788. The maximum absolute atomic E-state index is 12.3. The largest absolute Gasteiger partial charge is 0.395 e. The predicted octanol–water partition coefficient (Wildman–Crippen LogP) is 1.90. The van der Waals surface area contributed by atoms with Crippen LogP contribution in [-0.2, 0) is 0 Å². The Bertz CT molecular complexity index is 513. The molecule has 1 amide bonds. The maximum atomic E-state index is 12.3. The highest BCUT2D eigenvalue weighted by atomic mass is 16.2. The lowest BCUT2D eigenvalue weighted by Gasteiger charge is -2.15. The van der Waals surface area contributed by atoms with Gasteiger partial charge in [-0.2, -0.15) is 0 Å². The zero-order chi connectivity index (χ0) is 13.7. The molecule has 2 rings (SSSR count). The molecule has 1 aromatic carbocycles. The molecule has 1 saturated heterocycles. The van der Waals surface area contributed by atoms with Crippen molar-refractivity contribution >= 4 is 5.91 Å². The van der Waals surface area contributed by atoms with E-state index in [1.807, 2.05) is 29.2 Å². The Labute approximate surface area is 114 Å². The van der Waals surface area contributed by atoms with Crippen molar-refractivity contribution in [1.29, 1.82) is 0 Å². The molecule has 0 saturated carbocycles. The molecule has 1 fully saturated rings. The van der Waals surface area contributed by atoms with E-state index in [0.717, 1.165) is 25.1 Å². The van der Waals surface area contributed by atoms with Gasteiger partial charge in [0, 0.05) is 30.6 Å². The summed E-state index contributed by atoms with van der Waals surface area (Å²) in [5.74, 6) is 6.52. The van der Waals surface area contributed by atoms with Gasteiger partial charge in [-0.25, -0.2) is 0 Å². The Hall–Kier alpha value is -1.79. The van der Waals surface area contributed by atoms with E-state index in [0.29, 0.717) is 17.9 Å². The van der Waals surface area contributed by atoms with Crippen molar-refractivity contribution in [2.75, 3.05) is 19.7 Å². The standard InChI is InChI=1S/C16H19NO2/c1-13-8-9-17(12-13)16(19)15-7-4-6-14(11-15)5-2-3-10-18/h4,6-7,11,13,18H,3,8-10,12H2,1H3. The second-order valence-corrected chi connectivity index (χ2v) is 5.00. The van der Waals surface area contributed by atoms with Gasteiger partial charge in [0.15, 0.2) is 0 Å². The van der Waals surface area contributed by atoms with Gasteiger partial charge in [0.25, 0.3) is 5.91 Å². The highest BCUT2D eigenvalue weighted by Crippen LogP contribution is 2.18. The number of carbonyl (C=O) groups is 1. The number of amides is 1. The van der Waals surface area contributed by atoms with Crippen LogP contribution in [0.2, 0.25) is 0 Å². The van der Waals surface area contributed by atoms with Crippen LogP contribution in [0.25, 0.3) is 0 Å². The van der Waals surface area contributed by atoms with Crippen LogP contribution < -0.4 is 0 Å². The number of carbonyl (C=O) groups excluding carboxylic acids is 1. The Morgan fingerprint density at radius 3 is 3.05 bits per heavy atom. The molecule has 0 radical (unpaired) electrons. The van der Waals surface area contributed by atoms with Crippen molar-refractivity contribution in [3.8, 4) is 11.8 Å². The molecule has 0 aliphatic carbocycles. The summed E-state index contributed by atoms with van der Waals surface area (Å²) in [6.45, 7) is 3.93. The first-order valence-corrected chi connectivity index (χ1v) is 6.70.